The van der Waals surface area contributed by atoms with Gasteiger partial charge >= 0.3 is 18.0 Å². The quantitative estimate of drug-likeness (QED) is 0.656. The van der Waals surface area contributed by atoms with Gasteiger partial charge in [-0.25, -0.2) is 0 Å². The molecule has 1 aliphatic heterocycles. The molecule has 1 fully saturated rings. The molecule has 94 valence electrons. The first-order chi connectivity index (χ1) is 7.16. The molecule has 0 saturated carbocycles. The smallest absolute Gasteiger partial charge is 0.375 e. The zero-order valence-corrected chi connectivity index (χ0v) is 8.35. The third-order valence-corrected chi connectivity index (χ3v) is 2.15. The monoisotopic (exact) mass is 247 g/mol. The maximum Gasteiger partial charge on any atom is 0.463 e. The zero-order valence-electron chi connectivity index (χ0n) is 8.35. The van der Waals surface area contributed by atoms with E-state index in [0.717, 1.165) is 0 Å². The van der Waals surface area contributed by atoms with Crippen LogP contribution in [-0.2, 0) is 9.53 Å². The molecule has 0 spiro atoms. The van der Waals surface area contributed by atoms with Crippen molar-refractivity contribution in [3.63, 3.8) is 0 Å². The van der Waals surface area contributed by atoms with Gasteiger partial charge in [-0.05, 0) is 6.92 Å². The van der Waals surface area contributed by atoms with Crippen molar-refractivity contribution >= 4 is 5.91 Å². The van der Waals surface area contributed by atoms with Gasteiger partial charge in [0.25, 0.3) is 0 Å². The number of hydrogen-bond acceptors (Lipinski definition) is 2. The van der Waals surface area contributed by atoms with Crippen LogP contribution in [0.4, 0.5) is 22.0 Å². The second-order valence-corrected chi connectivity index (χ2v) is 3.50. The Hall–Kier alpha value is -0.920. The fourth-order valence-electron chi connectivity index (χ4n) is 1.32. The third-order valence-electron chi connectivity index (χ3n) is 2.15. The Labute approximate surface area is 88.2 Å². The average Bonchev–Trinajstić information content (AvgIpc) is 2.14. The summed E-state index contributed by atoms with van der Waals surface area (Å²) in [6.07, 6.45) is -6.40. The highest BCUT2D eigenvalue weighted by molar-refractivity contribution is 5.84. The minimum atomic E-state index is -5.86. The highest BCUT2D eigenvalue weighted by Crippen LogP contribution is 2.37. The number of hydrogen-bond donors (Lipinski definition) is 0. The Kier molecular flexibility index (Phi) is 3.41. The van der Waals surface area contributed by atoms with Gasteiger partial charge in [0.05, 0.1) is 12.7 Å². The number of amides is 1. The van der Waals surface area contributed by atoms with Crippen molar-refractivity contribution in [2.75, 3.05) is 19.7 Å². The van der Waals surface area contributed by atoms with Gasteiger partial charge in [-0.15, -0.1) is 0 Å². The molecule has 3 nitrogen and oxygen atoms in total. The Morgan fingerprint density at radius 2 is 1.88 bits per heavy atom. The van der Waals surface area contributed by atoms with Gasteiger partial charge in [0, 0.05) is 13.1 Å². The second kappa shape index (κ2) is 4.15. The lowest BCUT2D eigenvalue weighted by Crippen LogP contribution is -2.56. The summed E-state index contributed by atoms with van der Waals surface area (Å²) in [4.78, 5) is 11.5. The topological polar surface area (TPSA) is 29.5 Å². The Morgan fingerprint density at radius 3 is 2.31 bits per heavy atom. The minimum absolute atomic E-state index is 0.0408. The lowest BCUT2D eigenvalue weighted by Gasteiger charge is -2.33. The van der Waals surface area contributed by atoms with Crippen LogP contribution in [0.2, 0.25) is 0 Å². The van der Waals surface area contributed by atoms with Gasteiger partial charge in [0.1, 0.15) is 0 Å². The fraction of sp³-hybridized carbons (Fsp3) is 0.875. The number of ether oxygens (including phenoxy) is 1. The molecule has 0 bridgehead atoms. The van der Waals surface area contributed by atoms with E-state index in [-0.39, 0.29) is 19.7 Å². The van der Waals surface area contributed by atoms with Crippen molar-refractivity contribution in [2.45, 2.75) is 25.1 Å². The van der Waals surface area contributed by atoms with Crippen molar-refractivity contribution in [1.29, 1.82) is 0 Å². The van der Waals surface area contributed by atoms with Crippen molar-refractivity contribution in [1.82, 2.24) is 4.90 Å². The Balaban J connectivity index is 2.77. The first-order valence-electron chi connectivity index (χ1n) is 4.52. The highest BCUT2D eigenvalue weighted by atomic mass is 19.4. The zero-order chi connectivity index (χ0) is 12.6. The number of nitrogens with zero attached hydrogens (tertiary/aromatic N) is 1. The number of halogens is 5. The van der Waals surface area contributed by atoms with Crippen molar-refractivity contribution in [3.8, 4) is 0 Å². The molecule has 1 atom stereocenters. The van der Waals surface area contributed by atoms with Crippen LogP contribution in [0, 0.1) is 0 Å². The number of carbonyl (C=O) groups excluding carboxylic acids is 1. The van der Waals surface area contributed by atoms with Crippen molar-refractivity contribution in [2.24, 2.45) is 0 Å². The van der Waals surface area contributed by atoms with Crippen LogP contribution in [0.15, 0.2) is 0 Å². The molecule has 1 heterocycles. The number of alkyl halides is 5. The van der Waals surface area contributed by atoms with E-state index in [1.807, 2.05) is 0 Å². The molecule has 1 saturated heterocycles. The minimum Gasteiger partial charge on any atom is -0.375 e. The SMILES string of the molecule is CC1CN(C(=O)C(F)(F)C(F)(F)F)CCO1. The molecule has 0 aromatic rings. The molecule has 0 aliphatic carbocycles. The molecular formula is C8H10F5NO2. The maximum atomic E-state index is 12.7. The molecule has 1 unspecified atom stereocenters. The standard InChI is InChI=1S/C8H10F5NO2/c1-5-4-14(2-3-16-5)6(15)7(9,10)8(11,12)13/h5H,2-4H2,1H3. The number of rotatable bonds is 1. The molecule has 8 heteroatoms. The largest absolute Gasteiger partial charge is 0.463 e. The lowest BCUT2D eigenvalue weighted by atomic mass is 10.2. The van der Waals surface area contributed by atoms with Crippen LogP contribution < -0.4 is 0 Å². The van der Waals surface area contributed by atoms with Gasteiger partial charge in [-0.1, -0.05) is 0 Å². The molecule has 1 rings (SSSR count). The van der Waals surface area contributed by atoms with E-state index in [4.69, 9.17) is 4.74 Å². The summed E-state index contributed by atoms with van der Waals surface area (Å²) in [5, 5.41) is 0. The first kappa shape index (κ1) is 13.1. The van der Waals surface area contributed by atoms with E-state index in [1.165, 1.54) is 6.92 Å². The number of morpholine rings is 1. The Bertz CT molecular complexity index is 278. The van der Waals surface area contributed by atoms with Crippen LogP contribution in [0.3, 0.4) is 0 Å². The fourth-order valence-corrected chi connectivity index (χ4v) is 1.32. The van der Waals surface area contributed by atoms with Crippen LogP contribution >= 0.6 is 0 Å². The summed E-state index contributed by atoms with van der Waals surface area (Å²) in [6, 6.07) is 0. The van der Waals surface area contributed by atoms with E-state index in [1.54, 1.807) is 0 Å². The summed E-state index contributed by atoms with van der Waals surface area (Å²) >= 11 is 0. The van der Waals surface area contributed by atoms with Gasteiger partial charge in [0.2, 0.25) is 0 Å². The van der Waals surface area contributed by atoms with E-state index >= 15 is 0 Å². The van der Waals surface area contributed by atoms with Crippen molar-refractivity contribution < 1.29 is 31.5 Å². The molecular weight excluding hydrogens is 237 g/mol. The van der Waals surface area contributed by atoms with E-state index < -0.39 is 24.1 Å². The summed E-state index contributed by atoms with van der Waals surface area (Å²) < 4.78 is 66.0. The van der Waals surface area contributed by atoms with Gasteiger partial charge in [-0.3, -0.25) is 4.79 Å². The first-order valence-corrected chi connectivity index (χ1v) is 4.52. The summed E-state index contributed by atoms with van der Waals surface area (Å²) in [5.41, 5.74) is 0. The van der Waals surface area contributed by atoms with Crippen molar-refractivity contribution in [3.05, 3.63) is 0 Å². The molecule has 0 N–H and O–H groups in total. The van der Waals surface area contributed by atoms with Gasteiger partial charge in [0.15, 0.2) is 0 Å². The summed E-state index contributed by atoms with van der Waals surface area (Å²) in [7, 11) is 0. The van der Waals surface area contributed by atoms with Crippen LogP contribution in [0.1, 0.15) is 6.92 Å². The van der Waals surface area contributed by atoms with E-state index in [0.29, 0.717) is 4.90 Å². The van der Waals surface area contributed by atoms with Crippen LogP contribution in [0.5, 0.6) is 0 Å². The Morgan fingerprint density at radius 1 is 1.31 bits per heavy atom. The molecule has 1 aliphatic rings. The number of carbonyl (C=O) groups is 1. The lowest BCUT2D eigenvalue weighted by molar-refractivity contribution is -0.275. The van der Waals surface area contributed by atoms with Gasteiger partial charge < -0.3 is 9.64 Å². The van der Waals surface area contributed by atoms with E-state index in [2.05, 4.69) is 0 Å². The average molecular weight is 247 g/mol. The molecule has 16 heavy (non-hydrogen) atoms. The third kappa shape index (κ3) is 2.42. The molecule has 0 aromatic heterocycles. The summed E-state index contributed by atoms with van der Waals surface area (Å²) in [5.74, 6) is -7.54. The van der Waals surface area contributed by atoms with Gasteiger partial charge in [-0.2, -0.15) is 22.0 Å². The maximum absolute atomic E-state index is 12.7. The van der Waals surface area contributed by atoms with Crippen LogP contribution in [0.25, 0.3) is 0 Å². The highest BCUT2D eigenvalue weighted by Gasteiger charge is 2.64. The molecule has 1 amide bonds. The predicted molar refractivity (Wildman–Crippen MR) is 43.0 cm³/mol. The summed E-state index contributed by atoms with van der Waals surface area (Å²) in [6.45, 7) is 0.936. The normalized spacial score (nSPS) is 23.4. The second-order valence-electron chi connectivity index (χ2n) is 3.50. The van der Waals surface area contributed by atoms with E-state index in [9.17, 15) is 26.7 Å². The molecule has 0 radical (unpaired) electrons. The molecule has 0 aromatic carbocycles. The predicted octanol–water partition coefficient (Wildman–Crippen LogP) is 1.43. The van der Waals surface area contributed by atoms with Crippen LogP contribution in [-0.4, -0.2) is 48.7 Å².